The van der Waals surface area contributed by atoms with Crippen molar-refractivity contribution in [2.24, 2.45) is 5.41 Å². The molecule has 1 aliphatic carbocycles. The lowest BCUT2D eigenvalue weighted by Gasteiger charge is -2.29. The second kappa shape index (κ2) is 4.85. The second-order valence-corrected chi connectivity index (χ2v) is 6.81. The predicted octanol–water partition coefficient (Wildman–Crippen LogP) is 3.21. The Labute approximate surface area is 120 Å². The standard InChI is InChI=1S/C16H22N2O2/c1-16(2,3)15(19)18-14(8-9-20-18)12-6-7-13(17-10-12)11-4-5-11/h6-7,10-11,14H,4-5,8-9H2,1-3H3/t14-/m0/s1. The van der Waals surface area contributed by atoms with Crippen molar-refractivity contribution in [2.75, 3.05) is 6.61 Å². The van der Waals surface area contributed by atoms with E-state index in [1.54, 1.807) is 5.06 Å². The zero-order valence-electron chi connectivity index (χ0n) is 12.4. The molecule has 2 aliphatic rings. The van der Waals surface area contributed by atoms with Gasteiger partial charge in [-0.05, 0) is 24.5 Å². The number of pyridine rings is 1. The average molecular weight is 274 g/mol. The van der Waals surface area contributed by atoms with Gasteiger partial charge in [-0.15, -0.1) is 0 Å². The molecule has 0 radical (unpaired) electrons. The summed E-state index contributed by atoms with van der Waals surface area (Å²) < 4.78 is 0. The normalized spacial score (nSPS) is 23.1. The van der Waals surface area contributed by atoms with Gasteiger partial charge in [0.05, 0.1) is 12.6 Å². The summed E-state index contributed by atoms with van der Waals surface area (Å²) in [5, 5.41) is 1.55. The average Bonchev–Trinajstić information content (AvgIpc) is 3.14. The molecule has 108 valence electrons. The van der Waals surface area contributed by atoms with Crippen LogP contribution in [0.15, 0.2) is 18.3 Å². The molecule has 0 aromatic carbocycles. The number of rotatable bonds is 2. The van der Waals surface area contributed by atoms with Crippen molar-refractivity contribution >= 4 is 5.91 Å². The van der Waals surface area contributed by atoms with E-state index in [1.165, 1.54) is 18.5 Å². The van der Waals surface area contributed by atoms with Crippen LogP contribution in [0.1, 0.15) is 63.3 Å². The zero-order valence-corrected chi connectivity index (χ0v) is 12.4. The molecule has 0 N–H and O–H groups in total. The molecule has 1 saturated heterocycles. The number of carbonyl (C=O) groups excluding carboxylic acids is 1. The first-order valence-corrected chi connectivity index (χ1v) is 7.39. The number of aromatic nitrogens is 1. The van der Waals surface area contributed by atoms with E-state index in [0.29, 0.717) is 12.5 Å². The molecule has 0 spiro atoms. The first kappa shape index (κ1) is 13.6. The molecule has 2 fully saturated rings. The van der Waals surface area contributed by atoms with Crippen molar-refractivity contribution < 1.29 is 9.63 Å². The van der Waals surface area contributed by atoms with Crippen LogP contribution >= 0.6 is 0 Å². The van der Waals surface area contributed by atoms with Gasteiger partial charge in [-0.2, -0.15) is 0 Å². The van der Waals surface area contributed by atoms with E-state index in [2.05, 4.69) is 17.1 Å². The molecule has 1 saturated carbocycles. The number of hydroxylamine groups is 2. The fourth-order valence-electron chi connectivity index (χ4n) is 2.54. The van der Waals surface area contributed by atoms with Crippen molar-refractivity contribution in [3.63, 3.8) is 0 Å². The van der Waals surface area contributed by atoms with E-state index in [9.17, 15) is 4.79 Å². The summed E-state index contributed by atoms with van der Waals surface area (Å²) in [4.78, 5) is 22.5. The molecular formula is C16H22N2O2. The Morgan fingerprint density at radius 2 is 2.05 bits per heavy atom. The molecule has 20 heavy (non-hydrogen) atoms. The van der Waals surface area contributed by atoms with E-state index in [1.807, 2.05) is 27.0 Å². The third-order valence-corrected chi connectivity index (χ3v) is 3.94. The molecule has 1 aromatic heterocycles. The van der Waals surface area contributed by atoms with Crippen molar-refractivity contribution in [1.82, 2.24) is 10.0 Å². The predicted molar refractivity (Wildman–Crippen MR) is 75.8 cm³/mol. The molecule has 0 unspecified atom stereocenters. The van der Waals surface area contributed by atoms with Gasteiger partial charge in [0.1, 0.15) is 0 Å². The van der Waals surface area contributed by atoms with Crippen LogP contribution in [0.3, 0.4) is 0 Å². The van der Waals surface area contributed by atoms with E-state index >= 15 is 0 Å². The van der Waals surface area contributed by atoms with Gasteiger partial charge in [-0.1, -0.05) is 26.8 Å². The second-order valence-electron chi connectivity index (χ2n) is 6.81. The van der Waals surface area contributed by atoms with Crippen molar-refractivity contribution in [3.8, 4) is 0 Å². The Bertz CT molecular complexity index is 500. The van der Waals surface area contributed by atoms with Crippen LogP contribution in [0.4, 0.5) is 0 Å². The maximum atomic E-state index is 12.4. The van der Waals surface area contributed by atoms with Crippen LogP contribution < -0.4 is 0 Å². The number of nitrogens with zero attached hydrogens (tertiary/aromatic N) is 2. The molecule has 2 heterocycles. The van der Waals surface area contributed by atoms with Crippen LogP contribution in [0.2, 0.25) is 0 Å². The first-order chi connectivity index (χ1) is 9.47. The molecule has 1 aliphatic heterocycles. The van der Waals surface area contributed by atoms with Crippen LogP contribution in [0, 0.1) is 5.41 Å². The summed E-state index contributed by atoms with van der Waals surface area (Å²) in [5.74, 6) is 0.697. The Kier molecular flexibility index (Phi) is 3.28. The smallest absolute Gasteiger partial charge is 0.252 e. The quantitative estimate of drug-likeness (QED) is 0.831. The van der Waals surface area contributed by atoms with E-state index in [-0.39, 0.29) is 11.9 Å². The highest BCUT2D eigenvalue weighted by molar-refractivity contribution is 5.81. The minimum atomic E-state index is -0.427. The SMILES string of the molecule is CC(C)(C)C(=O)N1OCC[C@H]1c1ccc(C2CC2)nc1. The van der Waals surface area contributed by atoms with Crippen LogP contribution in [-0.2, 0) is 9.63 Å². The van der Waals surface area contributed by atoms with E-state index in [0.717, 1.165) is 12.0 Å². The highest BCUT2D eigenvalue weighted by Crippen LogP contribution is 2.40. The molecule has 0 bridgehead atoms. The third-order valence-electron chi connectivity index (χ3n) is 3.94. The molecule has 1 atom stereocenters. The monoisotopic (exact) mass is 274 g/mol. The maximum absolute atomic E-state index is 12.4. The number of hydrogen-bond donors (Lipinski definition) is 0. The van der Waals surface area contributed by atoms with Crippen LogP contribution in [0.5, 0.6) is 0 Å². The van der Waals surface area contributed by atoms with E-state index < -0.39 is 5.41 Å². The van der Waals surface area contributed by atoms with Crippen LogP contribution in [-0.4, -0.2) is 22.6 Å². The Balaban J connectivity index is 1.79. The lowest BCUT2D eigenvalue weighted by Crippen LogP contribution is -2.38. The van der Waals surface area contributed by atoms with Gasteiger partial charge in [0.2, 0.25) is 0 Å². The first-order valence-electron chi connectivity index (χ1n) is 7.39. The van der Waals surface area contributed by atoms with Gasteiger partial charge in [0, 0.05) is 29.6 Å². The lowest BCUT2D eigenvalue weighted by molar-refractivity contribution is -0.186. The van der Waals surface area contributed by atoms with Gasteiger partial charge >= 0.3 is 0 Å². The Morgan fingerprint density at radius 1 is 1.30 bits per heavy atom. The summed E-state index contributed by atoms with van der Waals surface area (Å²) >= 11 is 0. The minimum absolute atomic E-state index is 0.00229. The molecule has 1 amide bonds. The zero-order chi connectivity index (χ0) is 14.3. The number of carbonyl (C=O) groups is 1. The highest BCUT2D eigenvalue weighted by atomic mass is 16.7. The molecule has 3 rings (SSSR count). The summed E-state index contributed by atoms with van der Waals surface area (Å²) in [5.41, 5.74) is 1.83. The van der Waals surface area contributed by atoms with Crippen molar-refractivity contribution in [2.45, 2.75) is 52.0 Å². The summed E-state index contributed by atoms with van der Waals surface area (Å²) in [6, 6.07) is 4.20. The van der Waals surface area contributed by atoms with Gasteiger partial charge in [0.25, 0.3) is 5.91 Å². The molecular weight excluding hydrogens is 252 g/mol. The van der Waals surface area contributed by atoms with Crippen LogP contribution in [0.25, 0.3) is 0 Å². The maximum Gasteiger partial charge on any atom is 0.252 e. The largest absolute Gasteiger partial charge is 0.272 e. The van der Waals surface area contributed by atoms with E-state index in [4.69, 9.17) is 4.84 Å². The number of amides is 1. The van der Waals surface area contributed by atoms with Gasteiger partial charge in [-0.25, -0.2) is 5.06 Å². The topological polar surface area (TPSA) is 42.4 Å². The van der Waals surface area contributed by atoms with Gasteiger partial charge in [0.15, 0.2) is 0 Å². The van der Waals surface area contributed by atoms with Gasteiger partial charge in [-0.3, -0.25) is 14.6 Å². The summed E-state index contributed by atoms with van der Waals surface area (Å²) in [7, 11) is 0. The number of hydrogen-bond acceptors (Lipinski definition) is 3. The fourth-order valence-corrected chi connectivity index (χ4v) is 2.54. The minimum Gasteiger partial charge on any atom is -0.272 e. The van der Waals surface area contributed by atoms with Gasteiger partial charge < -0.3 is 0 Å². The molecule has 4 heteroatoms. The summed E-state index contributed by atoms with van der Waals surface area (Å²) in [6.07, 6.45) is 5.27. The van der Waals surface area contributed by atoms with Crippen molar-refractivity contribution in [1.29, 1.82) is 0 Å². The lowest BCUT2D eigenvalue weighted by atomic mass is 9.94. The van der Waals surface area contributed by atoms with Crippen molar-refractivity contribution in [3.05, 3.63) is 29.6 Å². The highest BCUT2D eigenvalue weighted by Gasteiger charge is 2.37. The summed E-state index contributed by atoms with van der Waals surface area (Å²) in [6.45, 7) is 6.35. The Morgan fingerprint density at radius 3 is 2.60 bits per heavy atom. The fraction of sp³-hybridized carbons (Fsp3) is 0.625. The third kappa shape index (κ3) is 2.57. The molecule has 4 nitrogen and oxygen atoms in total. The Hall–Kier alpha value is -1.42. The molecule has 1 aromatic rings.